The number of ether oxygens (including phenoxy) is 1. The molecule has 10 heteroatoms. The first-order valence-corrected chi connectivity index (χ1v) is 11.1. The van der Waals surface area contributed by atoms with Crippen LogP contribution in [0.2, 0.25) is 0 Å². The Morgan fingerprint density at radius 3 is 2.76 bits per heavy atom. The summed E-state index contributed by atoms with van der Waals surface area (Å²) >= 11 is 0. The van der Waals surface area contributed by atoms with E-state index in [0.29, 0.717) is 18.7 Å². The maximum absolute atomic E-state index is 14.1. The second kappa shape index (κ2) is 12.3. The zero-order chi connectivity index (χ0) is 23.6. The molecule has 0 bridgehead atoms. The first kappa shape index (κ1) is 24.6. The molecular formula is C23H24F2N3O4P. The molecule has 0 radical (unpaired) electrons. The van der Waals surface area contributed by atoms with Gasteiger partial charge in [0.25, 0.3) is 0 Å². The largest absolute Gasteiger partial charge is 0.448 e. The van der Waals surface area contributed by atoms with Gasteiger partial charge >= 0.3 is 14.8 Å². The van der Waals surface area contributed by atoms with E-state index in [1.165, 1.54) is 12.1 Å². The Morgan fingerprint density at radius 2 is 1.97 bits per heavy atom. The number of carbonyl (C=O) groups is 1. The van der Waals surface area contributed by atoms with Gasteiger partial charge in [-0.3, -0.25) is 14.7 Å². The smallest absolute Gasteiger partial charge is 0.412 e. The molecule has 0 saturated heterocycles. The van der Waals surface area contributed by atoms with Gasteiger partial charge in [-0.2, -0.15) is 0 Å². The minimum Gasteiger partial charge on any atom is -0.448 e. The van der Waals surface area contributed by atoms with Crippen molar-refractivity contribution in [3.05, 3.63) is 71.9 Å². The van der Waals surface area contributed by atoms with Crippen molar-refractivity contribution in [3.63, 3.8) is 0 Å². The second-order valence-electron chi connectivity index (χ2n) is 7.47. The van der Waals surface area contributed by atoms with Gasteiger partial charge in [0.1, 0.15) is 12.4 Å². The van der Waals surface area contributed by atoms with E-state index in [1.54, 1.807) is 24.2 Å². The molecule has 3 rings (SSSR count). The number of hydrogen-bond donors (Lipinski definition) is 1. The maximum Gasteiger partial charge on any atom is 0.412 e. The number of hydrogen-bond acceptors (Lipinski definition) is 6. The van der Waals surface area contributed by atoms with Crippen LogP contribution in [0.5, 0.6) is 0 Å². The van der Waals surface area contributed by atoms with Gasteiger partial charge < -0.3 is 4.74 Å². The van der Waals surface area contributed by atoms with Gasteiger partial charge in [-0.15, -0.1) is 0 Å². The molecule has 2 aromatic carbocycles. The number of halogens is 2. The number of fused-ring (bicyclic) bond motifs is 1. The molecule has 0 aliphatic carbocycles. The lowest BCUT2D eigenvalue weighted by atomic mass is 10.1. The van der Waals surface area contributed by atoms with Gasteiger partial charge in [-0.1, -0.05) is 36.4 Å². The van der Waals surface area contributed by atoms with Crippen LogP contribution in [0.25, 0.3) is 10.8 Å². The fraction of sp³-hybridized carbons (Fsp3) is 0.304. The number of carbonyl (C=O) groups excluding carboxylic acids is 1. The van der Waals surface area contributed by atoms with E-state index >= 15 is 0 Å². The van der Waals surface area contributed by atoms with Gasteiger partial charge in [0, 0.05) is 29.7 Å². The number of amides is 1. The molecule has 0 aliphatic heterocycles. The molecule has 0 fully saturated rings. The lowest BCUT2D eigenvalue weighted by Gasteiger charge is -2.28. The van der Waals surface area contributed by atoms with Crippen molar-refractivity contribution >= 4 is 31.4 Å². The van der Waals surface area contributed by atoms with Crippen LogP contribution >= 0.6 is 8.69 Å². The summed E-state index contributed by atoms with van der Waals surface area (Å²) in [6.07, 6.45) is 2.03. The highest BCUT2D eigenvalue weighted by Gasteiger charge is 2.20. The minimum atomic E-state index is -0.918. The number of anilines is 1. The maximum atomic E-state index is 14.1. The first-order valence-electron chi connectivity index (χ1n) is 10.3. The number of aromatic nitrogens is 1. The highest BCUT2D eigenvalue weighted by molar-refractivity contribution is 7.17. The fourth-order valence-electron chi connectivity index (χ4n) is 3.38. The quantitative estimate of drug-likeness (QED) is 0.289. The van der Waals surface area contributed by atoms with E-state index in [-0.39, 0.29) is 31.4 Å². The molecule has 0 unspecified atom stereocenters. The third kappa shape index (κ3) is 7.25. The topological polar surface area (TPSA) is 80.8 Å². The number of benzene rings is 2. The molecule has 1 heterocycles. The summed E-state index contributed by atoms with van der Waals surface area (Å²) in [6, 6.07) is 13.1. The average molecular weight is 475 g/mol. The van der Waals surface area contributed by atoms with Crippen LogP contribution in [0.4, 0.5) is 19.4 Å². The van der Waals surface area contributed by atoms with E-state index in [4.69, 9.17) is 9.26 Å². The van der Waals surface area contributed by atoms with Crippen molar-refractivity contribution in [1.29, 1.82) is 0 Å². The number of pyridine rings is 1. The fourth-order valence-corrected chi connectivity index (χ4v) is 3.59. The molecule has 0 saturated carbocycles. The Labute approximate surface area is 192 Å². The monoisotopic (exact) mass is 475 g/mol. The van der Waals surface area contributed by atoms with Crippen molar-refractivity contribution in [1.82, 2.24) is 9.88 Å². The summed E-state index contributed by atoms with van der Waals surface area (Å²) in [4.78, 5) is 18.3. The molecule has 33 heavy (non-hydrogen) atoms. The summed E-state index contributed by atoms with van der Waals surface area (Å²) < 4.78 is 48.3. The Bertz CT molecular complexity index is 1100. The third-order valence-corrected chi connectivity index (χ3v) is 5.46. The number of nitrogens with zero attached hydrogens (tertiary/aromatic N) is 2. The predicted octanol–water partition coefficient (Wildman–Crippen LogP) is 5.57. The Hall–Kier alpha value is -3.00. The average Bonchev–Trinajstić information content (AvgIpc) is 2.81. The third-order valence-electron chi connectivity index (χ3n) is 5.17. The van der Waals surface area contributed by atoms with E-state index in [1.807, 2.05) is 24.3 Å². The molecule has 1 atom stereocenters. The Balaban J connectivity index is 1.61. The van der Waals surface area contributed by atoms with Crippen LogP contribution in [0.15, 0.2) is 54.7 Å². The Kier molecular flexibility index (Phi) is 9.18. The van der Waals surface area contributed by atoms with Gasteiger partial charge in [-0.05, 0) is 37.4 Å². The summed E-state index contributed by atoms with van der Waals surface area (Å²) in [5, 5.41) is 4.48. The summed E-state index contributed by atoms with van der Waals surface area (Å²) in [5.41, 5.74) is 0.196. The standard InChI is InChI=1S/C23H24F2N3O4P/c1-28(14-18-8-4-10-20(24)22(18)25)19(9-5-11-32-33-30)15-31-23(29)27-21-12-16-6-2-3-7-17(16)13-26-21/h2-4,6-8,10,12-13,19H,5,9,11,14-15H2,1H3,(H,26,27,29)/t19-/m0/s1. The molecule has 1 aromatic heterocycles. The SMILES string of the molecule is CN(Cc1cccc(F)c1F)[C@@H](CCCOP=O)COC(=O)Nc1cc2ccccc2cn1. The van der Waals surface area contributed by atoms with E-state index in [9.17, 15) is 18.1 Å². The molecule has 7 nitrogen and oxygen atoms in total. The van der Waals surface area contributed by atoms with Gasteiger partial charge in [0.05, 0.1) is 6.61 Å². The number of nitrogens with one attached hydrogen (secondary N) is 1. The Morgan fingerprint density at radius 1 is 1.18 bits per heavy atom. The van der Waals surface area contributed by atoms with E-state index in [2.05, 4.69) is 10.3 Å². The van der Waals surface area contributed by atoms with Crippen LogP contribution in [-0.2, 0) is 20.4 Å². The summed E-state index contributed by atoms with van der Waals surface area (Å²) in [6.45, 7) is 0.366. The van der Waals surface area contributed by atoms with Crippen molar-refractivity contribution < 1.29 is 27.4 Å². The predicted molar refractivity (Wildman–Crippen MR) is 121 cm³/mol. The molecular weight excluding hydrogens is 451 g/mol. The van der Waals surface area contributed by atoms with E-state index in [0.717, 1.165) is 16.8 Å². The zero-order valence-electron chi connectivity index (χ0n) is 18.0. The zero-order valence-corrected chi connectivity index (χ0v) is 18.9. The molecule has 174 valence electrons. The van der Waals surface area contributed by atoms with Crippen LogP contribution in [0.1, 0.15) is 18.4 Å². The van der Waals surface area contributed by atoms with Crippen LogP contribution in [0.3, 0.4) is 0 Å². The highest BCUT2D eigenvalue weighted by Crippen LogP contribution is 2.18. The minimum absolute atomic E-state index is 0.00192. The molecule has 1 N–H and O–H groups in total. The summed E-state index contributed by atoms with van der Waals surface area (Å²) in [7, 11) is 1.32. The lowest BCUT2D eigenvalue weighted by Crippen LogP contribution is -2.37. The van der Waals surface area contributed by atoms with E-state index < -0.39 is 26.4 Å². The van der Waals surface area contributed by atoms with Gasteiger partial charge in [0.2, 0.25) is 0 Å². The lowest BCUT2D eigenvalue weighted by molar-refractivity contribution is 0.0996. The van der Waals surface area contributed by atoms with Crippen molar-refractivity contribution in [3.8, 4) is 0 Å². The normalized spacial score (nSPS) is 12.2. The number of rotatable bonds is 11. The first-order chi connectivity index (χ1) is 16.0. The van der Waals surface area contributed by atoms with Crippen LogP contribution < -0.4 is 5.32 Å². The van der Waals surface area contributed by atoms with Crippen molar-refractivity contribution in [2.24, 2.45) is 0 Å². The van der Waals surface area contributed by atoms with Gasteiger partial charge in [0.15, 0.2) is 11.6 Å². The van der Waals surface area contributed by atoms with Crippen LogP contribution in [-0.4, -0.2) is 42.3 Å². The van der Waals surface area contributed by atoms with Crippen molar-refractivity contribution in [2.75, 3.05) is 25.6 Å². The highest BCUT2D eigenvalue weighted by atomic mass is 31.1. The second-order valence-corrected chi connectivity index (χ2v) is 7.88. The molecule has 0 spiro atoms. The summed E-state index contributed by atoms with van der Waals surface area (Å²) in [5.74, 6) is -1.47. The van der Waals surface area contributed by atoms with Crippen LogP contribution in [0, 0.1) is 11.6 Å². The van der Waals surface area contributed by atoms with Crippen molar-refractivity contribution in [2.45, 2.75) is 25.4 Å². The molecule has 1 amide bonds. The number of likely N-dealkylation sites (N-methyl/N-ethyl adjacent to an activating group) is 1. The van der Waals surface area contributed by atoms with Gasteiger partial charge in [-0.25, -0.2) is 23.1 Å². The molecule has 0 aliphatic rings. The molecule has 3 aromatic rings.